The topological polar surface area (TPSA) is 60.8 Å². The molecule has 0 radical (unpaired) electrons. The number of anilines is 1. The maximum atomic E-state index is 13.9. The van der Waals surface area contributed by atoms with Gasteiger partial charge in [0.05, 0.1) is 29.8 Å². The van der Waals surface area contributed by atoms with E-state index in [0.717, 1.165) is 35.6 Å². The highest BCUT2D eigenvalue weighted by Gasteiger charge is 2.25. The zero-order valence-electron chi connectivity index (χ0n) is 17.1. The lowest BCUT2D eigenvalue weighted by molar-refractivity contribution is 0.186. The Hall–Kier alpha value is -2.58. The molecule has 160 valence electrons. The van der Waals surface area contributed by atoms with E-state index in [-0.39, 0.29) is 17.0 Å². The molecule has 0 unspecified atom stereocenters. The molecular formula is C22H25FN2O4S. The monoisotopic (exact) mass is 432 g/mol. The summed E-state index contributed by atoms with van der Waals surface area (Å²) in [7, 11) is -0.837. The molecule has 1 aliphatic heterocycles. The van der Waals surface area contributed by atoms with Gasteiger partial charge in [0.25, 0.3) is 10.0 Å². The lowest BCUT2D eigenvalue weighted by Gasteiger charge is -2.30. The van der Waals surface area contributed by atoms with Crippen LogP contribution in [0.2, 0.25) is 0 Å². The second-order valence-corrected chi connectivity index (χ2v) is 9.25. The minimum Gasteiger partial charge on any atom is -0.495 e. The molecule has 0 saturated carbocycles. The molecule has 0 aliphatic carbocycles. The van der Waals surface area contributed by atoms with Crippen LogP contribution in [0, 0.1) is 5.82 Å². The molecule has 1 aliphatic rings. The lowest BCUT2D eigenvalue weighted by Crippen LogP contribution is -2.30. The van der Waals surface area contributed by atoms with E-state index in [4.69, 9.17) is 9.47 Å². The number of hydrogen-bond acceptors (Lipinski definition) is 5. The number of fused-ring (bicyclic) bond motifs is 1. The number of rotatable bonds is 6. The fourth-order valence-electron chi connectivity index (χ4n) is 4.03. The lowest BCUT2D eigenvalue weighted by atomic mass is 10.1. The van der Waals surface area contributed by atoms with Crippen molar-refractivity contribution in [2.45, 2.75) is 30.8 Å². The average Bonchev–Trinajstić information content (AvgIpc) is 3.12. The summed E-state index contributed by atoms with van der Waals surface area (Å²) in [6.07, 6.45) is 4.79. The van der Waals surface area contributed by atoms with E-state index in [9.17, 15) is 12.8 Å². The van der Waals surface area contributed by atoms with E-state index in [1.807, 2.05) is 0 Å². The minimum absolute atomic E-state index is 0.133. The molecule has 0 spiro atoms. The SMILES string of the molecule is COCc1cn(S(=O)(=O)c2ccc(OC)c(N3CCCCC3)c2)c2cc(F)ccc12. The third-order valence-corrected chi connectivity index (χ3v) is 7.19. The molecule has 2 heterocycles. The van der Waals surface area contributed by atoms with Gasteiger partial charge in [-0.2, -0.15) is 0 Å². The third kappa shape index (κ3) is 3.65. The number of halogens is 1. The van der Waals surface area contributed by atoms with E-state index in [1.165, 1.54) is 37.9 Å². The molecule has 1 fully saturated rings. The summed E-state index contributed by atoms with van der Waals surface area (Å²) in [5, 5.41) is 0.645. The number of piperidine rings is 1. The van der Waals surface area contributed by atoms with Crippen molar-refractivity contribution in [3.05, 3.63) is 54.0 Å². The van der Waals surface area contributed by atoms with Crippen molar-refractivity contribution in [3.8, 4) is 5.75 Å². The molecule has 2 aromatic carbocycles. The Labute approximate surface area is 175 Å². The van der Waals surface area contributed by atoms with Gasteiger partial charge in [-0.05, 0) is 55.7 Å². The van der Waals surface area contributed by atoms with Crippen molar-refractivity contribution in [1.82, 2.24) is 3.97 Å². The Morgan fingerprint density at radius 2 is 1.80 bits per heavy atom. The van der Waals surface area contributed by atoms with Crippen LogP contribution in [-0.2, 0) is 21.4 Å². The van der Waals surface area contributed by atoms with Crippen molar-refractivity contribution < 1.29 is 22.3 Å². The van der Waals surface area contributed by atoms with Crippen molar-refractivity contribution >= 4 is 26.6 Å². The van der Waals surface area contributed by atoms with Crippen molar-refractivity contribution in [2.24, 2.45) is 0 Å². The van der Waals surface area contributed by atoms with Crippen LogP contribution in [0.1, 0.15) is 24.8 Å². The van der Waals surface area contributed by atoms with Crippen LogP contribution in [0.25, 0.3) is 10.9 Å². The Morgan fingerprint density at radius 1 is 1.03 bits per heavy atom. The predicted molar refractivity (Wildman–Crippen MR) is 114 cm³/mol. The zero-order valence-corrected chi connectivity index (χ0v) is 17.9. The van der Waals surface area contributed by atoms with Crippen molar-refractivity contribution in [2.75, 3.05) is 32.2 Å². The third-order valence-electron chi connectivity index (χ3n) is 5.52. The van der Waals surface area contributed by atoms with Crippen molar-refractivity contribution in [1.29, 1.82) is 0 Å². The first-order valence-corrected chi connectivity index (χ1v) is 11.4. The van der Waals surface area contributed by atoms with Gasteiger partial charge in [-0.25, -0.2) is 16.8 Å². The largest absolute Gasteiger partial charge is 0.495 e. The second-order valence-electron chi connectivity index (χ2n) is 7.43. The number of ether oxygens (including phenoxy) is 2. The molecule has 1 aromatic heterocycles. The molecule has 6 nitrogen and oxygen atoms in total. The normalized spacial score (nSPS) is 15.0. The highest BCUT2D eigenvalue weighted by Crippen LogP contribution is 2.34. The first-order valence-electron chi connectivity index (χ1n) is 9.92. The molecule has 3 aromatic rings. The fourth-order valence-corrected chi connectivity index (χ4v) is 5.44. The molecule has 1 saturated heterocycles. The Balaban J connectivity index is 1.85. The number of hydrogen-bond donors (Lipinski definition) is 0. The summed E-state index contributed by atoms with van der Waals surface area (Å²) >= 11 is 0. The average molecular weight is 433 g/mol. The Morgan fingerprint density at radius 3 is 2.50 bits per heavy atom. The number of benzene rings is 2. The van der Waals surface area contributed by atoms with Gasteiger partial charge < -0.3 is 14.4 Å². The summed E-state index contributed by atoms with van der Waals surface area (Å²) < 4.78 is 52.9. The van der Waals surface area contributed by atoms with E-state index in [1.54, 1.807) is 25.3 Å². The maximum Gasteiger partial charge on any atom is 0.268 e. The smallest absolute Gasteiger partial charge is 0.268 e. The quantitative estimate of drug-likeness (QED) is 0.585. The summed E-state index contributed by atoms with van der Waals surface area (Å²) in [4.78, 5) is 2.29. The molecule has 4 rings (SSSR count). The van der Waals surface area contributed by atoms with Crippen LogP contribution >= 0.6 is 0 Å². The van der Waals surface area contributed by atoms with Crippen LogP contribution in [-0.4, -0.2) is 39.7 Å². The molecule has 30 heavy (non-hydrogen) atoms. The van der Waals surface area contributed by atoms with Crippen LogP contribution < -0.4 is 9.64 Å². The van der Waals surface area contributed by atoms with E-state index < -0.39 is 15.8 Å². The summed E-state index contributed by atoms with van der Waals surface area (Å²) in [6, 6.07) is 9.00. The number of nitrogens with zero attached hydrogens (tertiary/aromatic N) is 2. The van der Waals surface area contributed by atoms with Crippen LogP contribution in [0.15, 0.2) is 47.5 Å². The predicted octanol–water partition coefficient (Wildman–Crippen LogP) is 4.16. The maximum absolute atomic E-state index is 13.9. The van der Waals surface area contributed by atoms with Gasteiger partial charge >= 0.3 is 0 Å². The van der Waals surface area contributed by atoms with Gasteiger partial charge in [0.1, 0.15) is 11.6 Å². The van der Waals surface area contributed by atoms with E-state index >= 15 is 0 Å². The van der Waals surface area contributed by atoms with Gasteiger partial charge in [0.15, 0.2) is 0 Å². The van der Waals surface area contributed by atoms with Gasteiger partial charge in [-0.1, -0.05) is 0 Å². The first-order chi connectivity index (χ1) is 14.5. The van der Waals surface area contributed by atoms with Gasteiger partial charge in [-0.15, -0.1) is 0 Å². The van der Waals surface area contributed by atoms with Gasteiger partial charge in [-0.3, -0.25) is 0 Å². The summed E-state index contributed by atoms with van der Waals surface area (Å²) in [5.74, 6) is 0.143. The molecule has 0 N–H and O–H groups in total. The molecular weight excluding hydrogens is 407 g/mol. The molecule has 0 amide bonds. The van der Waals surface area contributed by atoms with Crippen LogP contribution in [0.4, 0.5) is 10.1 Å². The molecule has 8 heteroatoms. The van der Waals surface area contributed by atoms with E-state index in [0.29, 0.717) is 16.7 Å². The van der Waals surface area contributed by atoms with Crippen LogP contribution in [0.5, 0.6) is 5.75 Å². The molecule has 0 bridgehead atoms. The fraction of sp³-hybridized carbons (Fsp3) is 0.364. The number of aromatic nitrogens is 1. The number of methoxy groups -OCH3 is 2. The highest BCUT2D eigenvalue weighted by molar-refractivity contribution is 7.90. The van der Waals surface area contributed by atoms with E-state index in [2.05, 4.69) is 4.90 Å². The van der Waals surface area contributed by atoms with Gasteiger partial charge in [0, 0.05) is 37.3 Å². The van der Waals surface area contributed by atoms with Crippen molar-refractivity contribution in [3.63, 3.8) is 0 Å². The highest BCUT2D eigenvalue weighted by atomic mass is 32.2. The first kappa shape index (κ1) is 20.7. The second kappa shape index (κ2) is 8.28. The summed E-state index contributed by atoms with van der Waals surface area (Å²) in [6.45, 7) is 1.94. The Bertz CT molecular complexity index is 1170. The minimum atomic E-state index is -3.95. The van der Waals surface area contributed by atoms with Gasteiger partial charge in [0.2, 0.25) is 0 Å². The zero-order chi connectivity index (χ0) is 21.3. The summed E-state index contributed by atoms with van der Waals surface area (Å²) in [5.41, 5.74) is 1.73. The Kier molecular flexibility index (Phi) is 5.71. The molecule has 0 atom stereocenters. The van der Waals surface area contributed by atoms with Crippen LogP contribution in [0.3, 0.4) is 0 Å². The standard InChI is InChI=1S/C22H25FN2O4S/c1-28-15-16-14-25(20-12-17(23)6-8-19(16)20)30(26,27)18-7-9-22(29-2)21(13-18)24-10-4-3-5-11-24/h6-9,12-14H,3-5,10-11,15H2,1-2H3.